The van der Waals surface area contributed by atoms with Crippen molar-refractivity contribution in [1.29, 1.82) is 0 Å². The Morgan fingerprint density at radius 2 is 1.90 bits per heavy atom. The summed E-state index contributed by atoms with van der Waals surface area (Å²) in [5, 5.41) is 4.97. The minimum atomic E-state index is -4.25. The standard InChI is InChI=1S/C10H15N3O6S2/c1-3-19-10(14)13-21(17,18)12-9-6-8(20(11,15)16)5-4-7(9)2/h4-6,12H,3H2,1-2H3,(H,13,14)(H2,11,15,16). The quantitative estimate of drug-likeness (QED) is 0.692. The molecule has 0 aromatic heterocycles. The molecule has 1 aromatic carbocycles. The summed E-state index contributed by atoms with van der Waals surface area (Å²) in [7, 11) is -8.23. The van der Waals surface area contributed by atoms with Crippen LogP contribution < -0.4 is 14.6 Å². The fourth-order valence-corrected chi connectivity index (χ4v) is 2.71. The number of hydrogen-bond donors (Lipinski definition) is 3. The third-order valence-corrected chi connectivity index (χ3v) is 4.11. The fraction of sp³-hybridized carbons (Fsp3) is 0.300. The number of carbonyl (C=O) groups is 1. The molecular formula is C10H15N3O6S2. The molecule has 1 amide bonds. The average molecular weight is 337 g/mol. The fourth-order valence-electron chi connectivity index (χ4n) is 1.33. The molecule has 21 heavy (non-hydrogen) atoms. The van der Waals surface area contributed by atoms with Gasteiger partial charge in [0.05, 0.1) is 17.2 Å². The van der Waals surface area contributed by atoms with E-state index in [-0.39, 0.29) is 17.2 Å². The van der Waals surface area contributed by atoms with Crippen molar-refractivity contribution in [2.75, 3.05) is 11.3 Å². The first-order chi connectivity index (χ1) is 9.55. The molecular weight excluding hydrogens is 322 g/mol. The van der Waals surface area contributed by atoms with E-state index in [0.717, 1.165) is 6.07 Å². The zero-order chi connectivity index (χ0) is 16.3. The number of ether oxygens (including phenoxy) is 1. The highest BCUT2D eigenvalue weighted by molar-refractivity contribution is 7.91. The van der Waals surface area contributed by atoms with Crippen molar-refractivity contribution in [3.05, 3.63) is 23.8 Å². The molecule has 11 heteroatoms. The summed E-state index contributed by atoms with van der Waals surface area (Å²) >= 11 is 0. The van der Waals surface area contributed by atoms with E-state index in [1.807, 2.05) is 4.72 Å². The Bertz CT molecular complexity index is 742. The van der Waals surface area contributed by atoms with Crippen LogP contribution >= 0.6 is 0 Å². The first-order valence-corrected chi connectivity index (χ1v) is 8.69. The van der Waals surface area contributed by atoms with Crippen molar-refractivity contribution in [3.63, 3.8) is 0 Å². The number of hydrogen-bond acceptors (Lipinski definition) is 6. The van der Waals surface area contributed by atoms with Gasteiger partial charge in [0.15, 0.2) is 0 Å². The van der Waals surface area contributed by atoms with Crippen LogP contribution in [0.4, 0.5) is 10.5 Å². The Morgan fingerprint density at radius 3 is 2.43 bits per heavy atom. The molecule has 118 valence electrons. The number of benzene rings is 1. The van der Waals surface area contributed by atoms with Crippen molar-refractivity contribution < 1.29 is 26.4 Å². The van der Waals surface area contributed by atoms with Crippen LogP contribution in [-0.4, -0.2) is 29.5 Å². The minimum Gasteiger partial charge on any atom is -0.449 e. The van der Waals surface area contributed by atoms with Gasteiger partial charge < -0.3 is 4.74 Å². The third-order valence-electron chi connectivity index (χ3n) is 2.28. The van der Waals surface area contributed by atoms with Crippen molar-refractivity contribution in [2.45, 2.75) is 18.7 Å². The predicted molar refractivity (Wildman–Crippen MR) is 75.3 cm³/mol. The normalized spacial score (nSPS) is 11.8. The van der Waals surface area contributed by atoms with Gasteiger partial charge in [-0.3, -0.25) is 4.72 Å². The second-order valence-electron chi connectivity index (χ2n) is 3.95. The lowest BCUT2D eigenvalue weighted by Crippen LogP contribution is -2.36. The average Bonchev–Trinajstić information content (AvgIpc) is 2.29. The smallest absolute Gasteiger partial charge is 0.422 e. The summed E-state index contributed by atoms with van der Waals surface area (Å²) in [4.78, 5) is 10.8. The van der Waals surface area contributed by atoms with Gasteiger partial charge in [0.1, 0.15) is 0 Å². The maximum absolute atomic E-state index is 11.7. The Balaban J connectivity index is 3.04. The van der Waals surface area contributed by atoms with E-state index in [4.69, 9.17) is 5.14 Å². The predicted octanol–water partition coefficient (Wildman–Crippen LogP) is 0.0452. The van der Waals surface area contributed by atoms with Crippen LogP contribution in [0.1, 0.15) is 12.5 Å². The molecule has 1 rings (SSSR count). The zero-order valence-electron chi connectivity index (χ0n) is 11.3. The summed E-state index contributed by atoms with van der Waals surface area (Å²) < 4.78 is 53.9. The van der Waals surface area contributed by atoms with E-state index in [1.165, 1.54) is 19.1 Å². The van der Waals surface area contributed by atoms with Gasteiger partial charge in [-0.25, -0.2) is 23.1 Å². The van der Waals surface area contributed by atoms with Gasteiger partial charge in [-0.15, -0.1) is 0 Å². The number of amides is 1. The monoisotopic (exact) mass is 337 g/mol. The summed E-state index contributed by atoms with van der Waals surface area (Å²) in [5.74, 6) is 0. The number of nitrogens with one attached hydrogen (secondary N) is 2. The van der Waals surface area contributed by atoms with Gasteiger partial charge >= 0.3 is 16.3 Å². The number of sulfonamides is 1. The Kier molecular flexibility index (Phi) is 5.15. The van der Waals surface area contributed by atoms with Gasteiger partial charge in [-0.2, -0.15) is 8.42 Å². The maximum Gasteiger partial charge on any atom is 0.422 e. The number of nitrogens with two attached hydrogens (primary N) is 1. The molecule has 0 aliphatic carbocycles. The maximum atomic E-state index is 11.7. The molecule has 0 bridgehead atoms. The van der Waals surface area contributed by atoms with Crippen LogP contribution in [0.15, 0.2) is 23.1 Å². The molecule has 0 saturated carbocycles. The van der Waals surface area contributed by atoms with E-state index < -0.39 is 26.3 Å². The third kappa shape index (κ3) is 5.21. The van der Waals surface area contributed by atoms with Crippen molar-refractivity contribution in [1.82, 2.24) is 4.72 Å². The molecule has 0 heterocycles. The van der Waals surface area contributed by atoms with Gasteiger partial charge in [0.25, 0.3) is 0 Å². The molecule has 9 nitrogen and oxygen atoms in total. The summed E-state index contributed by atoms with van der Waals surface area (Å²) in [5.41, 5.74) is 0.412. The lowest BCUT2D eigenvalue weighted by Gasteiger charge is -2.12. The van der Waals surface area contributed by atoms with Crippen LogP contribution in [0.5, 0.6) is 0 Å². The van der Waals surface area contributed by atoms with Crippen LogP contribution in [0.3, 0.4) is 0 Å². The molecule has 4 N–H and O–H groups in total. The van der Waals surface area contributed by atoms with Crippen LogP contribution in [0.2, 0.25) is 0 Å². The van der Waals surface area contributed by atoms with Gasteiger partial charge in [-0.1, -0.05) is 6.07 Å². The second-order valence-corrected chi connectivity index (χ2v) is 6.93. The molecule has 0 fully saturated rings. The highest BCUT2D eigenvalue weighted by Gasteiger charge is 2.17. The van der Waals surface area contributed by atoms with Crippen LogP contribution in [0.25, 0.3) is 0 Å². The number of aryl methyl sites for hydroxylation is 1. The topological polar surface area (TPSA) is 145 Å². The van der Waals surface area contributed by atoms with Crippen molar-refractivity contribution >= 4 is 32.0 Å². The highest BCUT2D eigenvalue weighted by Crippen LogP contribution is 2.20. The van der Waals surface area contributed by atoms with Crippen LogP contribution in [-0.2, 0) is 25.0 Å². The molecule has 0 atom stereocenters. The van der Waals surface area contributed by atoms with E-state index in [2.05, 4.69) is 4.74 Å². The van der Waals surface area contributed by atoms with Gasteiger partial charge in [-0.05, 0) is 31.5 Å². The molecule has 0 radical (unpaired) electrons. The van der Waals surface area contributed by atoms with E-state index in [1.54, 1.807) is 11.6 Å². The number of anilines is 1. The number of rotatable bonds is 5. The van der Waals surface area contributed by atoms with Crippen LogP contribution in [0, 0.1) is 6.92 Å². The molecule has 0 unspecified atom stereocenters. The Labute approximate surface area is 122 Å². The number of carbonyl (C=O) groups excluding carboxylic acids is 1. The summed E-state index contributed by atoms with van der Waals surface area (Å²) in [6.07, 6.45) is -1.15. The van der Waals surface area contributed by atoms with E-state index in [0.29, 0.717) is 5.56 Å². The largest absolute Gasteiger partial charge is 0.449 e. The Hall–Kier alpha value is -1.85. The highest BCUT2D eigenvalue weighted by atomic mass is 32.2. The molecule has 1 aromatic rings. The molecule has 0 aliphatic rings. The SMILES string of the molecule is CCOC(=O)NS(=O)(=O)Nc1cc(S(N)(=O)=O)ccc1C. The minimum absolute atomic E-state index is 0.00127. The van der Waals surface area contributed by atoms with E-state index >= 15 is 0 Å². The molecule has 0 aliphatic heterocycles. The lowest BCUT2D eigenvalue weighted by molar-refractivity contribution is 0.159. The number of primary sulfonamides is 1. The van der Waals surface area contributed by atoms with Crippen molar-refractivity contribution in [2.24, 2.45) is 5.14 Å². The summed E-state index contributed by atoms with van der Waals surface area (Å²) in [6.45, 7) is 3.07. The van der Waals surface area contributed by atoms with Gasteiger partial charge in [0, 0.05) is 0 Å². The van der Waals surface area contributed by atoms with Gasteiger partial charge in [0.2, 0.25) is 10.0 Å². The Morgan fingerprint density at radius 1 is 1.29 bits per heavy atom. The lowest BCUT2D eigenvalue weighted by atomic mass is 10.2. The molecule has 0 spiro atoms. The second kappa shape index (κ2) is 6.28. The summed E-state index contributed by atoms with van der Waals surface area (Å²) in [6, 6.07) is 3.66. The van der Waals surface area contributed by atoms with Crippen molar-refractivity contribution in [3.8, 4) is 0 Å². The first-order valence-electron chi connectivity index (χ1n) is 5.66. The zero-order valence-corrected chi connectivity index (χ0v) is 12.9. The molecule has 0 saturated heterocycles. The first kappa shape index (κ1) is 17.2. The van der Waals surface area contributed by atoms with E-state index in [9.17, 15) is 21.6 Å².